The first kappa shape index (κ1) is 17.2. The Labute approximate surface area is 150 Å². The highest BCUT2D eigenvalue weighted by Gasteiger charge is 2.16. The molecular formula is C19H18ClNO4. The van der Waals surface area contributed by atoms with Crippen LogP contribution in [0.3, 0.4) is 0 Å². The molecule has 1 aromatic heterocycles. The molecule has 130 valence electrons. The summed E-state index contributed by atoms with van der Waals surface area (Å²) in [6.07, 6.45) is 1.29. The molecule has 3 aromatic rings. The van der Waals surface area contributed by atoms with Crippen molar-refractivity contribution in [3.63, 3.8) is 0 Å². The highest BCUT2D eigenvalue weighted by molar-refractivity contribution is 6.31. The topological polar surface area (TPSA) is 71.6 Å². The van der Waals surface area contributed by atoms with E-state index in [4.69, 9.17) is 21.1 Å². The number of ether oxygens (including phenoxy) is 2. The van der Waals surface area contributed by atoms with Crippen molar-refractivity contribution in [2.75, 3.05) is 13.7 Å². The molecule has 0 atom stereocenters. The number of hydrogen-bond acceptors (Lipinski definition) is 3. The lowest BCUT2D eigenvalue weighted by molar-refractivity contribution is 0.0690. The highest BCUT2D eigenvalue weighted by Crippen LogP contribution is 2.27. The molecule has 0 aliphatic carbocycles. The van der Waals surface area contributed by atoms with Crippen molar-refractivity contribution in [2.24, 2.45) is 0 Å². The molecule has 0 aliphatic heterocycles. The molecule has 0 amide bonds. The van der Waals surface area contributed by atoms with E-state index in [0.29, 0.717) is 24.5 Å². The Morgan fingerprint density at radius 2 is 1.88 bits per heavy atom. The van der Waals surface area contributed by atoms with Gasteiger partial charge in [-0.1, -0.05) is 17.7 Å². The standard InChI is InChI=1S/C19H18ClNO4/c1-24-13-5-7-14(8-6-13)25-10-2-3-16-15-9-4-12(20)11-17(15)21-18(16)19(22)23/h4-9,11,21H,2-3,10H2,1H3,(H,22,23). The van der Waals surface area contributed by atoms with E-state index in [1.165, 1.54) is 0 Å². The monoisotopic (exact) mass is 359 g/mol. The number of fused-ring (bicyclic) bond motifs is 1. The number of benzene rings is 2. The van der Waals surface area contributed by atoms with Gasteiger partial charge in [-0.15, -0.1) is 0 Å². The molecule has 0 radical (unpaired) electrons. The van der Waals surface area contributed by atoms with Crippen LogP contribution in [0, 0.1) is 0 Å². The van der Waals surface area contributed by atoms with Gasteiger partial charge in [-0.25, -0.2) is 4.79 Å². The molecule has 0 spiro atoms. The number of carboxylic acids is 1. The average molecular weight is 360 g/mol. The first-order valence-electron chi connectivity index (χ1n) is 7.88. The number of aromatic nitrogens is 1. The fraction of sp³-hybridized carbons (Fsp3) is 0.211. The number of aromatic carboxylic acids is 1. The van der Waals surface area contributed by atoms with Crippen LogP contribution in [0.25, 0.3) is 10.9 Å². The van der Waals surface area contributed by atoms with E-state index in [1.54, 1.807) is 19.2 Å². The summed E-state index contributed by atoms with van der Waals surface area (Å²) in [5, 5.41) is 10.9. The van der Waals surface area contributed by atoms with Crippen molar-refractivity contribution in [1.82, 2.24) is 4.98 Å². The second kappa shape index (κ2) is 7.49. The minimum atomic E-state index is -0.974. The largest absolute Gasteiger partial charge is 0.497 e. The van der Waals surface area contributed by atoms with E-state index < -0.39 is 5.97 Å². The van der Waals surface area contributed by atoms with Gasteiger partial charge in [0.1, 0.15) is 17.2 Å². The zero-order chi connectivity index (χ0) is 17.8. The summed E-state index contributed by atoms with van der Waals surface area (Å²) in [4.78, 5) is 14.4. The smallest absolute Gasteiger partial charge is 0.352 e. The number of nitrogens with one attached hydrogen (secondary N) is 1. The maximum Gasteiger partial charge on any atom is 0.352 e. The van der Waals surface area contributed by atoms with Crippen molar-refractivity contribution < 1.29 is 19.4 Å². The van der Waals surface area contributed by atoms with Gasteiger partial charge in [-0.05, 0) is 54.8 Å². The molecule has 0 unspecified atom stereocenters. The van der Waals surface area contributed by atoms with E-state index >= 15 is 0 Å². The molecule has 0 bridgehead atoms. The lowest BCUT2D eigenvalue weighted by Crippen LogP contribution is -2.04. The molecule has 0 fully saturated rings. The molecule has 6 heteroatoms. The second-order valence-electron chi connectivity index (χ2n) is 5.60. The molecule has 5 nitrogen and oxygen atoms in total. The van der Waals surface area contributed by atoms with Crippen LogP contribution in [0.5, 0.6) is 11.5 Å². The van der Waals surface area contributed by atoms with Gasteiger partial charge in [-0.2, -0.15) is 0 Å². The van der Waals surface area contributed by atoms with Crippen molar-refractivity contribution in [2.45, 2.75) is 12.8 Å². The van der Waals surface area contributed by atoms with E-state index in [1.807, 2.05) is 30.3 Å². The van der Waals surface area contributed by atoms with Crippen molar-refractivity contribution in [3.05, 3.63) is 58.7 Å². The SMILES string of the molecule is COc1ccc(OCCCc2c(C(=O)O)[nH]c3cc(Cl)ccc23)cc1. The van der Waals surface area contributed by atoms with Crippen LogP contribution in [-0.2, 0) is 6.42 Å². The third kappa shape index (κ3) is 3.88. The Morgan fingerprint density at radius 3 is 2.56 bits per heavy atom. The molecule has 3 rings (SSSR count). The zero-order valence-corrected chi connectivity index (χ0v) is 14.5. The van der Waals surface area contributed by atoms with Crippen molar-refractivity contribution >= 4 is 28.5 Å². The summed E-state index contributed by atoms with van der Waals surface area (Å²) in [5.74, 6) is 0.555. The van der Waals surface area contributed by atoms with Crippen molar-refractivity contribution in [3.8, 4) is 11.5 Å². The fourth-order valence-electron chi connectivity index (χ4n) is 2.78. The molecule has 0 saturated carbocycles. The predicted octanol–water partition coefficient (Wildman–Crippen LogP) is 4.54. The molecule has 0 saturated heterocycles. The Bertz CT molecular complexity index is 886. The Morgan fingerprint density at radius 1 is 1.16 bits per heavy atom. The lowest BCUT2D eigenvalue weighted by Gasteiger charge is -2.07. The summed E-state index contributed by atoms with van der Waals surface area (Å²) in [7, 11) is 1.62. The summed E-state index contributed by atoms with van der Waals surface area (Å²) >= 11 is 5.98. The van der Waals surface area contributed by atoms with Gasteiger partial charge in [-0.3, -0.25) is 0 Å². The van der Waals surface area contributed by atoms with Gasteiger partial charge in [0.05, 0.1) is 13.7 Å². The average Bonchev–Trinajstić information content (AvgIpc) is 2.97. The zero-order valence-electron chi connectivity index (χ0n) is 13.7. The van der Waals surface area contributed by atoms with Gasteiger partial charge >= 0.3 is 5.97 Å². The first-order valence-corrected chi connectivity index (χ1v) is 8.26. The maximum absolute atomic E-state index is 11.5. The number of aromatic amines is 1. The van der Waals surface area contributed by atoms with Crippen LogP contribution in [-0.4, -0.2) is 29.8 Å². The Balaban J connectivity index is 1.67. The number of halogens is 1. The molecule has 0 aliphatic rings. The van der Waals surface area contributed by atoms with Crippen LogP contribution in [0.1, 0.15) is 22.5 Å². The number of hydrogen-bond donors (Lipinski definition) is 2. The molecule has 2 N–H and O–H groups in total. The normalized spacial score (nSPS) is 10.8. The van der Waals surface area contributed by atoms with Crippen LogP contribution in [0.15, 0.2) is 42.5 Å². The van der Waals surface area contributed by atoms with Crippen LogP contribution in [0.4, 0.5) is 0 Å². The number of carboxylic acid groups (broad SMARTS) is 1. The van der Waals surface area contributed by atoms with Gasteiger partial charge in [0.25, 0.3) is 0 Å². The number of aryl methyl sites for hydroxylation is 1. The predicted molar refractivity (Wildman–Crippen MR) is 97.1 cm³/mol. The Hall–Kier alpha value is -2.66. The van der Waals surface area contributed by atoms with Crippen molar-refractivity contribution in [1.29, 1.82) is 0 Å². The minimum Gasteiger partial charge on any atom is -0.497 e. The van der Waals surface area contributed by atoms with Gasteiger partial charge in [0, 0.05) is 15.9 Å². The summed E-state index contributed by atoms with van der Waals surface area (Å²) in [5.41, 5.74) is 1.72. The van der Waals surface area contributed by atoms with Crippen LogP contribution < -0.4 is 9.47 Å². The first-order chi connectivity index (χ1) is 12.1. The lowest BCUT2D eigenvalue weighted by atomic mass is 10.1. The number of carbonyl (C=O) groups is 1. The number of H-pyrrole nitrogens is 1. The summed E-state index contributed by atoms with van der Waals surface area (Å²) in [6.45, 7) is 0.492. The summed E-state index contributed by atoms with van der Waals surface area (Å²) in [6, 6.07) is 12.7. The minimum absolute atomic E-state index is 0.210. The number of methoxy groups -OCH3 is 1. The second-order valence-corrected chi connectivity index (χ2v) is 6.04. The third-order valence-electron chi connectivity index (χ3n) is 3.98. The van der Waals surface area contributed by atoms with Gasteiger partial charge in [0.15, 0.2) is 0 Å². The molecule has 1 heterocycles. The third-order valence-corrected chi connectivity index (χ3v) is 4.22. The summed E-state index contributed by atoms with van der Waals surface area (Å²) < 4.78 is 10.8. The van der Waals surface area contributed by atoms with E-state index in [-0.39, 0.29) is 5.69 Å². The van der Waals surface area contributed by atoms with Crippen LogP contribution in [0.2, 0.25) is 5.02 Å². The van der Waals surface area contributed by atoms with Gasteiger partial charge < -0.3 is 19.6 Å². The quantitative estimate of drug-likeness (QED) is 0.607. The van der Waals surface area contributed by atoms with E-state index in [0.717, 1.165) is 28.0 Å². The molecule has 2 aromatic carbocycles. The Kier molecular flexibility index (Phi) is 5.14. The highest BCUT2D eigenvalue weighted by atomic mass is 35.5. The maximum atomic E-state index is 11.5. The van der Waals surface area contributed by atoms with E-state index in [2.05, 4.69) is 4.98 Å². The fourth-order valence-corrected chi connectivity index (χ4v) is 2.95. The molecular weight excluding hydrogens is 342 g/mol. The molecule has 25 heavy (non-hydrogen) atoms. The van der Waals surface area contributed by atoms with E-state index in [9.17, 15) is 9.90 Å². The van der Waals surface area contributed by atoms with Gasteiger partial charge in [0.2, 0.25) is 0 Å². The van der Waals surface area contributed by atoms with Crippen LogP contribution >= 0.6 is 11.6 Å². The number of rotatable bonds is 7.